The van der Waals surface area contributed by atoms with Crippen LogP contribution in [-0.2, 0) is 26.1 Å². The summed E-state index contributed by atoms with van der Waals surface area (Å²) in [4.78, 5) is 14.6. The standard InChI is InChI=1S/C21H23N3O/c1-2-23-14-18-11-12-24(15-17-9-6-10-19(23)20(17)18)21(25)22-13-16-7-4-3-5-8-16/h3-10,14H,2,11-13,15H2,1H3,(H,22,25). The van der Waals surface area contributed by atoms with Gasteiger partial charge in [-0.15, -0.1) is 0 Å². The van der Waals surface area contributed by atoms with E-state index in [1.165, 1.54) is 22.0 Å². The smallest absolute Gasteiger partial charge is 0.317 e. The van der Waals surface area contributed by atoms with Crippen LogP contribution >= 0.6 is 0 Å². The lowest BCUT2D eigenvalue weighted by Gasteiger charge is -2.22. The van der Waals surface area contributed by atoms with E-state index in [4.69, 9.17) is 0 Å². The summed E-state index contributed by atoms with van der Waals surface area (Å²) in [6.07, 6.45) is 3.15. The third kappa shape index (κ3) is 3.00. The van der Waals surface area contributed by atoms with Gasteiger partial charge in [-0.1, -0.05) is 42.5 Å². The van der Waals surface area contributed by atoms with Gasteiger partial charge in [-0.2, -0.15) is 0 Å². The van der Waals surface area contributed by atoms with Crippen molar-refractivity contribution in [1.82, 2.24) is 14.8 Å². The summed E-state index contributed by atoms with van der Waals surface area (Å²) >= 11 is 0. The van der Waals surface area contributed by atoms with Gasteiger partial charge in [-0.3, -0.25) is 0 Å². The van der Waals surface area contributed by atoms with Gasteiger partial charge in [0.2, 0.25) is 0 Å². The normalized spacial score (nSPS) is 13.7. The van der Waals surface area contributed by atoms with Crippen LogP contribution in [0.2, 0.25) is 0 Å². The molecule has 1 aromatic heterocycles. The van der Waals surface area contributed by atoms with E-state index in [-0.39, 0.29) is 6.03 Å². The number of carbonyl (C=O) groups is 1. The van der Waals surface area contributed by atoms with Gasteiger partial charge < -0.3 is 14.8 Å². The molecule has 0 saturated heterocycles. The maximum Gasteiger partial charge on any atom is 0.317 e. The first-order valence-corrected chi connectivity index (χ1v) is 8.92. The number of nitrogens with zero attached hydrogens (tertiary/aromatic N) is 2. The number of aryl methyl sites for hydroxylation is 1. The largest absolute Gasteiger partial charge is 0.347 e. The van der Waals surface area contributed by atoms with Crippen LogP contribution in [0.1, 0.15) is 23.6 Å². The molecule has 0 aliphatic carbocycles. The highest BCUT2D eigenvalue weighted by Crippen LogP contribution is 2.29. The minimum absolute atomic E-state index is 0.00868. The monoisotopic (exact) mass is 333 g/mol. The highest BCUT2D eigenvalue weighted by atomic mass is 16.2. The van der Waals surface area contributed by atoms with Crippen molar-refractivity contribution in [3.8, 4) is 0 Å². The van der Waals surface area contributed by atoms with E-state index in [1.54, 1.807) is 0 Å². The minimum Gasteiger partial charge on any atom is -0.347 e. The zero-order valence-corrected chi connectivity index (χ0v) is 14.5. The molecule has 4 rings (SSSR count). The predicted octanol–water partition coefficient (Wildman–Crippen LogP) is 3.93. The third-order valence-corrected chi connectivity index (χ3v) is 5.00. The van der Waals surface area contributed by atoms with Gasteiger partial charge in [0.1, 0.15) is 0 Å². The molecule has 2 aromatic carbocycles. The minimum atomic E-state index is 0.00868. The Balaban J connectivity index is 1.53. The number of hydrogen-bond acceptors (Lipinski definition) is 1. The van der Waals surface area contributed by atoms with E-state index < -0.39 is 0 Å². The van der Waals surface area contributed by atoms with Crippen LogP contribution in [0.25, 0.3) is 10.9 Å². The van der Waals surface area contributed by atoms with Crippen molar-refractivity contribution in [3.05, 3.63) is 71.4 Å². The number of carbonyl (C=O) groups excluding carboxylic acids is 1. The maximum atomic E-state index is 12.6. The quantitative estimate of drug-likeness (QED) is 0.775. The number of nitrogens with one attached hydrogen (secondary N) is 1. The number of rotatable bonds is 3. The fourth-order valence-electron chi connectivity index (χ4n) is 3.70. The molecule has 0 unspecified atom stereocenters. The van der Waals surface area contributed by atoms with Crippen molar-refractivity contribution in [2.24, 2.45) is 0 Å². The van der Waals surface area contributed by atoms with E-state index >= 15 is 0 Å². The SMILES string of the molecule is CCn1cc2c3c(cccc31)CN(C(=O)NCc1ccccc1)CC2. The van der Waals surface area contributed by atoms with Crippen molar-refractivity contribution in [2.45, 2.75) is 33.0 Å². The third-order valence-electron chi connectivity index (χ3n) is 5.00. The van der Waals surface area contributed by atoms with E-state index in [0.29, 0.717) is 13.1 Å². The number of aromatic nitrogens is 1. The Morgan fingerprint density at radius 3 is 2.72 bits per heavy atom. The van der Waals surface area contributed by atoms with Crippen LogP contribution in [-0.4, -0.2) is 22.0 Å². The molecule has 2 heterocycles. The lowest BCUT2D eigenvalue weighted by Crippen LogP contribution is -2.39. The summed E-state index contributed by atoms with van der Waals surface area (Å²) in [6.45, 7) is 5.12. The van der Waals surface area contributed by atoms with E-state index in [2.05, 4.69) is 41.2 Å². The van der Waals surface area contributed by atoms with E-state index in [0.717, 1.165) is 25.1 Å². The molecule has 0 radical (unpaired) electrons. The molecule has 4 heteroatoms. The van der Waals surface area contributed by atoms with Crippen molar-refractivity contribution >= 4 is 16.9 Å². The van der Waals surface area contributed by atoms with E-state index in [1.807, 2.05) is 35.2 Å². The van der Waals surface area contributed by atoms with Crippen molar-refractivity contribution in [3.63, 3.8) is 0 Å². The average molecular weight is 333 g/mol. The van der Waals surface area contributed by atoms with Crippen molar-refractivity contribution in [2.75, 3.05) is 6.54 Å². The molecule has 0 fully saturated rings. The number of benzene rings is 2. The van der Waals surface area contributed by atoms with Gasteiger partial charge in [0.05, 0.1) is 0 Å². The molecule has 0 atom stereocenters. The maximum absolute atomic E-state index is 12.6. The molecule has 0 saturated carbocycles. The fraction of sp³-hybridized carbons (Fsp3) is 0.286. The Bertz CT molecular complexity index is 898. The van der Waals surface area contributed by atoms with Crippen LogP contribution < -0.4 is 5.32 Å². The molecule has 0 bridgehead atoms. The van der Waals surface area contributed by atoms with Gasteiger partial charge in [-0.05, 0) is 36.1 Å². The van der Waals surface area contributed by atoms with Gasteiger partial charge in [0.25, 0.3) is 0 Å². The molecule has 4 nitrogen and oxygen atoms in total. The van der Waals surface area contributed by atoms with Gasteiger partial charge in [-0.25, -0.2) is 4.79 Å². The van der Waals surface area contributed by atoms with Gasteiger partial charge >= 0.3 is 6.03 Å². The Hall–Kier alpha value is -2.75. The molecular formula is C21H23N3O. The van der Waals surface area contributed by atoms with Crippen LogP contribution in [0.3, 0.4) is 0 Å². The van der Waals surface area contributed by atoms with E-state index in [9.17, 15) is 4.79 Å². The summed E-state index contributed by atoms with van der Waals surface area (Å²) in [5, 5.41) is 4.39. The molecule has 0 spiro atoms. The summed E-state index contributed by atoms with van der Waals surface area (Å²) in [5.41, 5.74) is 4.99. The Labute approximate surface area is 148 Å². The molecule has 2 amide bonds. The number of urea groups is 1. The summed E-state index contributed by atoms with van der Waals surface area (Å²) in [5.74, 6) is 0. The Morgan fingerprint density at radius 2 is 1.92 bits per heavy atom. The van der Waals surface area contributed by atoms with Gasteiger partial charge in [0, 0.05) is 43.3 Å². The molecular weight excluding hydrogens is 310 g/mol. The number of hydrogen-bond donors (Lipinski definition) is 1. The molecule has 1 N–H and O–H groups in total. The second kappa shape index (κ2) is 6.63. The summed E-state index contributed by atoms with van der Waals surface area (Å²) < 4.78 is 2.30. The lowest BCUT2D eigenvalue weighted by atomic mass is 10.1. The van der Waals surface area contributed by atoms with Crippen molar-refractivity contribution in [1.29, 1.82) is 0 Å². The van der Waals surface area contributed by atoms with Crippen LogP contribution in [0.5, 0.6) is 0 Å². The highest BCUT2D eigenvalue weighted by molar-refractivity contribution is 5.88. The number of amides is 2. The van der Waals surface area contributed by atoms with Crippen LogP contribution in [0.15, 0.2) is 54.7 Å². The average Bonchev–Trinajstić information content (AvgIpc) is 2.91. The zero-order chi connectivity index (χ0) is 17.2. The highest BCUT2D eigenvalue weighted by Gasteiger charge is 2.21. The summed E-state index contributed by atoms with van der Waals surface area (Å²) in [7, 11) is 0. The Kier molecular flexibility index (Phi) is 4.18. The van der Waals surface area contributed by atoms with Crippen molar-refractivity contribution < 1.29 is 4.79 Å². The first-order valence-electron chi connectivity index (χ1n) is 8.92. The molecule has 3 aromatic rings. The fourth-order valence-corrected chi connectivity index (χ4v) is 3.70. The topological polar surface area (TPSA) is 37.3 Å². The van der Waals surface area contributed by atoms with Crippen LogP contribution in [0, 0.1) is 0 Å². The summed E-state index contributed by atoms with van der Waals surface area (Å²) in [6, 6.07) is 16.5. The Morgan fingerprint density at radius 1 is 1.08 bits per heavy atom. The molecule has 128 valence electrons. The second-order valence-corrected chi connectivity index (χ2v) is 6.57. The van der Waals surface area contributed by atoms with Gasteiger partial charge in [0.15, 0.2) is 0 Å². The predicted molar refractivity (Wildman–Crippen MR) is 100 cm³/mol. The van der Waals surface area contributed by atoms with Crippen LogP contribution in [0.4, 0.5) is 4.79 Å². The molecule has 1 aliphatic rings. The molecule has 1 aliphatic heterocycles. The lowest BCUT2D eigenvalue weighted by molar-refractivity contribution is 0.196. The zero-order valence-electron chi connectivity index (χ0n) is 14.5. The first-order chi connectivity index (χ1) is 12.3. The second-order valence-electron chi connectivity index (χ2n) is 6.57. The first kappa shape index (κ1) is 15.8. The molecule has 25 heavy (non-hydrogen) atoms.